The second-order valence-corrected chi connectivity index (χ2v) is 8.93. The predicted octanol–water partition coefficient (Wildman–Crippen LogP) is 6.80. The summed E-state index contributed by atoms with van der Waals surface area (Å²) >= 11 is 0. The van der Waals surface area contributed by atoms with Gasteiger partial charge in [0.15, 0.2) is 0 Å². The smallest absolute Gasteiger partial charge is 0.262 e. The molecule has 0 radical (unpaired) electrons. The number of rotatable bonds is 6. The maximum absolute atomic E-state index is 13.8. The lowest BCUT2D eigenvalue weighted by atomic mass is 10.00. The molecule has 1 amide bonds. The fraction of sp³-hybridized carbons (Fsp3) is 0.167. The summed E-state index contributed by atoms with van der Waals surface area (Å²) in [6.07, 6.45) is -0.441. The highest BCUT2D eigenvalue weighted by Gasteiger charge is 2.34. The molecule has 6 heteroatoms. The summed E-state index contributed by atoms with van der Waals surface area (Å²) in [5.41, 5.74) is 6.10. The molecule has 4 aromatic rings. The van der Waals surface area contributed by atoms with Crippen molar-refractivity contribution < 1.29 is 18.7 Å². The van der Waals surface area contributed by atoms with Crippen molar-refractivity contribution in [2.45, 2.75) is 26.6 Å². The second-order valence-electron chi connectivity index (χ2n) is 8.93. The number of carbonyl (C=O) groups is 1. The summed E-state index contributed by atoms with van der Waals surface area (Å²) in [5, 5.41) is 3.56. The van der Waals surface area contributed by atoms with E-state index in [0.29, 0.717) is 17.1 Å². The normalized spacial score (nSPS) is 14.7. The van der Waals surface area contributed by atoms with Crippen molar-refractivity contribution in [3.8, 4) is 11.5 Å². The van der Waals surface area contributed by atoms with Crippen LogP contribution in [0.1, 0.15) is 38.8 Å². The van der Waals surface area contributed by atoms with E-state index in [0.717, 1.165) is 33.6 Å². The van der Waals surface area contributed by atoms with Crippen LogP contribution in [-0.2, 0) is 6.61 Å². The zero-order valence-corrected chi connectivity index (χ0v) is 20.4. The molecule has 0 fully saturated rings. The lowest BCUT2D eigenvalue weighted by molar-refractivity contribution is 0.0975. The first-order chi connectivity index (χ1) is 17.4. The molecule has 5 nitrogen and oxygen atoms in total. The first kappa shape index (κ1) is 23.4. The zero-order chi connectivity index (χ0) is 25.2. The summed E-state index contributed by atoms with van der Waals surface area (Å²) in [4.78, 5) is 15.6. The molecule has 0 aromatic heterocycles. The third-order valence-electron chi connectivity index (χ3n) is 6.24. The van der Waals surface area contributed by atoms with Crippen LogP contribution in [0.5, 0.6) is 11.5 Å². The number of hydrogen-bond donors (Lipinski definition) is 1. The highest BCUT2D eigenvalue weighted by atomic mass is 19.1. The SMILES string of the molecule is COc1ccc(C2Nc3ccccc3C(=O)N2c2cc(C)cc(C)c2)cc1COc1ccc(F)cc1. The average Bonchev–Trinajstić information content (AvgIpc) is 2.87. The van der Waals surface area contributed by atoms with Gasteiger partial charge in [-0.1, -0.05) is 24.3 Å². The van der Waals surface area contributed by atoms with Gasteiger partial charge in [0.2, 0.25) is 0 Å². The van der Waals surface area contributed by atoms with Gasteiger partial charge in [0.25, 0.3) is 5.91 Å². The van der Waals surface area contributed by atoms with Crippen molar-refractivity contribution in [1.82, 2.24) is 0 Å². The maximum Gasteiger partial charge on any atom is 0.262 e. The Morgan fingerprint density at radius 1 is 0.917 bits per heavy atom. The largest absolute Gasteiger partial charge is 0.496 e. The van der Waals surface area contributed by atoms with E-state index >= 15 is 0 Å². The first-order valence-electron chi connectivity index (χ1n) is 11.8. The molecular weight excluding hydrogens is 455 g/mol. The van der Waals surface area contributed by atoms with Gasteiger partial charge in [0.05, 0.1) is 12.7 Å². The van der Waals surface area contributed by atoms with Crippen molar-refractivity contribution in [1.29, 1.82) is 0 Å². The van der Waals surface area contributed by atoms with Crippen molar-refractivity contribution in [2.75, 3.05) is 17.3 Å². The topological polar surface area (TPSA) is 50.8 Å². The predicted molar refractivity (Wildman–Crippen MR) is 139 cm³/mol. The number of nitrogens with zero attached hydrogens (tertiary/aromatic N) is 1. The molecule has 1 N–H and O–H groups in total. The van der Waals surface area contributed by atoms with Crippen LogP contribution >= 0.6 is 0 Å². The molecular formula is C30H27FN2O3. The highest BCUT2D eigenvalue weighted by molar-refractivity contribution is 6.12. The third kappa shape index (κ3) is 4.62. The summed E-state index contributed by atoms with van der Waals surface area (Å²) in [7, 11) is 1.61. The molecule has 1 aliphatic rings. The molecule has 1 atom stereocenters. The number of fused-ring (bicyclic) bond motifs is 1. The molecule has 5 rings (SSSR count). The number of hydrogen-bond acceptors (Lipinski definition) is 4. The van der Waals surface area contributed by atoms with Crippen LogP contribution in [0.4, 0.5) is 15.8 Å². The van der Waals surface area contributed by atoms with E-state index in [-0.39, 0.29) is 18.3 Å². The van der Waals surface area contributed by atoms with Gasteiger partial charge in [0.1, 0.15) is 30.1 Å². The number of amides is 1. The molecule has 4 aromatic carbocycles. The molecule has 1 heterocycles. The minimum atomic E-state index is -0.441. The maximum atomic E-state index is 13.8. The number of anilines is 2. The molecule has 0 bridgehead atoms. The van der Waals surface area contributed by atoms with Crippen molar-refractivity contribution >= 4 is 17.3 Å². The summed E-state index contributed by atoms with van der Waals surface area (Å²) in [6.45, 7) is 4.28. The number of ether oxygens (including phenoxy) is 2. The molecule has 182 valence electrons. The van der Waals surface area contributed by atoms with E-state index in [4.69, 9.17) is 9.47 Å². The molecule has 1 aliphatic heterocycles. The van der Waals surface area contributed by atoms with Crippen LogP contribution in [0, 0.1) is 19.7 Å². The fourth-order valence-corrected chi connectivity index (χ4v) is 4.62. The van der Waals surface area contributed by atoms with Crippen LogP contribution in [-0.4, -0.2) is 13.0 Å². The van der Waals surface area contributed by atoms with E-state index < -0.39 is 6.17 Å². The van der Waals surface area contributed by atoms with Gasteiger partial charge < -0.3 is 14.8 Å². The van der Waals surface area contributed by atoms with Crippen LogP contribution in [0.2, 0.25) is 0 Å². The molecule has 0 saturated carbocycles. The average molecular weight is 483 g/mol. The van der Waals surface area contributed by atoms with Gasteiger partial charge in [-0.05, 0) is 91.2 Å². The van der Waals surface area contributed by atoms with Crippen LogP contribution < -0.4 is 19.7 Å². The van der Waals surface area contributed by atoms with E-state index in [1.165, 1.54) is 12.1 Å². The van der Waals surface area contributed by atoms with Crippen LogP contribution in [0.3, 0.4) is 0 Å². The van der Waals surface area contributed by atoms with E-state index in [9.17, 15) is 9.18 Å². The van der Waals surface area contributed by atoms with Gasteiger partial charge in [-0.25, -0.2) is 4.39 Å². The standard InChI is InChI=1S/C30H27FN2O3/c1-19-14-20(2)16-24(15-19)33-29(32-27-7-5-4-6-26(27)30(33)34)21-8-13-28(35-3)22(17-21)18-36-25-11-9-23(31)10-12-25/h4-17,29,32H,18H2,1-3H3. The Morgan fingerprint density at radius 2 is 1.64 bits per heavy atom. The minimum absolute atomic E-state index is 0.0701. The Labute approximate surface area is 210 Å². The minimum Gasteiger partial charge on any atom is -0.496 e. The van der Waals surface area contributed by atoms with Gasteiger partial charge in [-0.3, -0.25) is 9.69 Å². The Kier molecular flexibility index (Phi) is 6.34. The molecule has 36 heavy (non-hydrogen) atoms. The quantitative estimate of drug-likeness (QED) is 0.328. The Morgan fingerprint density at radius 3 is 2.36 bits per heavy atom. The number of aryl methyl sites for hydroxylation is 2. The Bertz CT molecular complexity index is 1400. The van der Waals surface area contributed by atoms with Gasteiger partial charge in [0, 0.05) is 16.9 Å². The first-order valence-corrected chi connectivity index (χ1v) is 11.8. The van der Waals surface area contributed by atoms with E-state index in [2.05, 4.69) is 11.4 Å². The summed E-state index contributed by atoms with van der Waals surface area (Å²) in [6, 6.07) is 25.4. The number of carbonyl (C=O) groups excluding carboxylic acids is 1. The van der Waals surface area contributed by atoms with E-state index in [1.807, 2.05) is 68.4 Å². The Hall–Kier alpha value is -4.32. The van der Waals surface area contributed by atoms with Crippen molar-refractivity contribution in [3.63, 3.8) is 0 Å². The zero-order valence-electron chi connectivity index (χ0n) is 20.4. The van der Waals surface area contributed by atoms with Crippen molar-refractivity contribution in [2.24, 2.45) is 0 Å². The number of benzene rings is 4. The number of methoxy groups -OCH3 is 1. The Balaban J connectivity index is 1.55. The van der Waals surface area contributed by atoms with E-state index in [1.54, 1.807) is 24.1 Å². The lowest BCUT2D eigenvalue weighted by Crippen LogP contribution is -2.43. The molecule has 0 spiro atoms. The molecule has 0 aliphatic carbocycles. The molecule has 0 saturated heterocycles. The lowest BCUT2D eigenvalue weighted by Gasteiger charge is -2.38. The number of halogens is 1. The highest BCUT2D eigenvalue weighted by Crippen LogP contribution is 2.38. The van der Waals surface area contributed by atoms with Crippen LogP contribution in [0.15, 0.2) is 84.9 Å². The van der Waals surface area contributed by atoms with Gasteiger partial charge in [-0.2, -0.15) is 0 Å². The summed E-state index contributed by atoms with van der Waals surface area (Å²) < 4.78 is 24.8. The fourth-order valence-electron chi connectivity index (χ4n) is 4.62. The van der Waals surface area contributed by atoms with Crippen LogP contribution in [0.25, 0.3) is 0 Å². The second kappa shape index (κ2) is 9.74. The monoisotopic (exact) mass is 482 g/mol. The van der Waals surface area contributed by atoms with Gasteiger partial charge >= 0.3 is 0 Å². The van der Waals surface area contributed by atoms with Crippen molar-refractivity contribution in [3.05, 3.63) is 119 Å². The number of para-hydroxylation sites is 1. The third-order valence-corrected chi connectivity index (χ3v) is 6.24. The molecule has 1 unspecified atom stereocenters. The van der Waals surface area contributed by atoms with Gasteiger partial charge in [-0.15, -0.1) is 0 Å². The summed E-state index contributed by atoms with van der Waals surface area (Å²) in [5.74, 6) is 0.836. The number of nitrogens with one attached hydrogen (secondary N) is 1.